The second-order valence-corrected chi connectivity index (χ2v) is 9.98. The molecule has 0 fully saturated rings. The number of aromatic nitrogens is 2. The van der Waals surface area contributed by atoms with Gasteiger partial charge in [-0.2, -0.15) is 5.26 Å². The van der Waals surface area contributed by atoms with E-state index in [1.807, 2.05) is 13.0 Å². The molecule has 0 spiro atoms. The fourth-order valence-corrected chi connectivity index (χ4v) is 6.36. The molecule has 3 heterocycles. The minimum Gasteiger partial charge on any atom is -0.323 e. The first-order valence-corrected chi connectivity index (χ1v) is 11.5. The maximum atomic E-state index is 12.8. The monoisotopic (exact) mass is 444 g/mol. The van der Waals surface area contributed by atoms with Gasteiger partial charge in [0.1, 0.15) is 22.4 Å². The zero-order chi connectivity index (χ0) is 20.7. The molecule has 6 nitrogen and oxygen atoms in total. The Morgan fingerprint density at radius 1 is 1.48 bits per heavy atom. The number of amides is 1. The smallest absolute Gasteiger partial charge is 0.263 e. The standard InChI is InChI=1S/C20H20N4O2S3/c1-3-11-7-13-17(28-11)23-20(27)24(19(13)26)9-16(25)22-18-14(8-21)12-5-4-10(2)6-15(12)29-18/h7,10H,3-6,9H2,1-2H3,(H,22,25)(H,23,27). The van der Waals surface area contributed by atoms with Crippen LogP contribution >= 0.6 is 34.9 Å². The van der Waals surface area contributed by atoms with E-state index < -0.39 is 0 Å². The number of rotatable bonds is 4. The fourth-order valence-electron chi connectivity index (χ4n) is 3.68. The summed E-state index contributed by atoms with van der Waals surface area (Å²) in [7, 11) is 0. The summed E-state index contributed by atoms with van der Waals surface area (Å²) in [4.78, 5) is 31.6. The second-order valence-electron chi connectivity index (χ2n) is 7.35. The molecule has 1 amide bonds. The highest BCUT2D eigenvalue weighted by Gasteiger charge is 2.25. The number of hydrogen-bond acceptors (Lipinski definition) is 6. The zero-order valence-electron chi connectivity index (χ0n) is 16.1. The van der Waals surface area contributed by atoms with Crippen LogP contribution in [0.1, 0.15) is 41.1 Å². The van der Waals surface area contributed by atoms with E-state index in [9.17, 15) is 14.9 Å². The molecule has 0 aliphatic heterocycles. The van der Waals surface area contributed by atoms with Gasteiger partial charge in [0, 0.05) is 9.75 Å². The fraction of sp³-hybridized carbons (Fsp3) is 0.400. The first-order chi connectivity index (χ1) is 13.9. The minimum atomic E-state index is -0.361. The molecule has 2 N–H and O–H groups in total. The van der Waals surface area contributed by atoms with E-state index in [0.717, 1.165) is 41.0 Å². The van der Waals surface area contributed by atoms with Crippen LogP contribution in [0.3, 0.4) is 0 Å². The largest absolute Gasteiger partial charge is 0.323 e. The van der Waals surface area contributed by atoms with E-state index >= 15 is 0 Å². The Kier molecular flexibility index (Phi) is 5.42. The Bertz CT molecular complexity index is 1270. The molecule has 1 aliphatic rings. The van der Waals surface area contributed by atoms with Crippen molar-refractivity contribution in [2.45, 2.75) is 46.1 Å². The number of carbonyl (C=O) groups excluding carboxylic acids is 1. The zero-order valence-corrected chi connectivity index (χ0v) is 18.6. The molecule has 0 aromatic carbocycles. The van der Waals surface area contributed by atoms with Crippen molar-refractivity contribution in [2.24, 2.45) is 5.92 Å². The third kappa shape index (κ3) is 3.68. The minimum absolute atomic E-state index is 0.189. The second kappa shape index (κ2) is 7.86. The van der Waals surface area contributed by atoms with Gasteiger partial charge in [-0.05, 0) is 55.4 Å². The third-order valence-electron chi connectivity index (χ3n) is 5.25. The number of thiophene rings is 2. The summed E-state index contributed by atoms with van der Waals surface area (Å²) in [6.45, 7) is 4.04. The molecule has 1 atom stereocenters. The molecule has 150 valence electrons. The summed E-state index contributed by atoms with van der Waals surface area (Å²) >= 11 is 8.29. The molecule has 3 aromatic rings. The normalized spacial score (nSPS) is 15.8. The number of H-pyrrole nitrogens is 1. The summed E-state index contributed by atoms with van der Waals surface area (Å²) in [5.74, 6) is 0.221. The third-order valence-corrected chi connectivity index (χ3v) is 7.94. The predicted molar refractivity (Wildman–Crippen MR) is 120 cm³/mol. The van der Waals surface area contributed by atoms with Gasteiger partial charge < -0.3 is 10.3 Å². The maximum Gasteiger partial charge on any atom is 0.263 e. The topological polar surface area (TPSA) is 90.7 Å². The van der Waals surface area contributed by atoms with Crippen LogP contribution in [0.15, 0.2) is 10.9 Å². The molecule has 9 heteroatoms. The van der Waals surface area contributed by atoms with E-state index in [4.69, 9.17) is 12.2 Å². The van der Waals surface area contributed by atoms with Gasteiger partial charge in [0.05, 0.1) is 10.9 Å². The Morgan fingerprint density at radius 3 is 3.00 bits per heavy atom. The lowest BCUT2D eigenvalue weighted by Crippen LogP contribution is -2.28. The number of nitrogens with zero attached hydrogens (tertiary/aromatic N) is 2. The summed E-state index contributed by atoms with van der Waals surface area (Å²) in [6, 6.07) is 4.10. The van der Waals surface area contributed by atoms with E-state index in [2.05, 4.69) is 23.3 Å². The number of nitriles is 1. The van der Waals surface area contributed by atoms with Gasteiger partial charge in [-0.15, -0.1) is 22.7 Å². The number of aryl methyl sites for hydroxylation is 1. The van der Waals surface area contributed by atoms with Crippen LogP contribution < -0.4 is 10.9 Å². The summed E-state index contributed by atoms with van der Waals surface area (Å²) in [5, 5.41) is 13.6. The quantitative estimate of drug-likeness (QED) is 0.584. The number of hydrogen-bond donors (Lipinski definition) is 2. The Hall–Kier alpha value is -2.28. The van der Waals surface area contributed by atoms with Crippen LogP contribution in [0.2, 0.25) is 0 Å². The van der Waals surface area contributed by atoms with Crippen LogP contribution in [0.5, 0.6) is 0 Å². The number of nitrogens with one attached hydrogen (secondary N) is 2. The lowest BCUT2D eigenvalue weighted by Gasteiger charge is -2.17. The summed E-state index contributed by atoms with van der Waals surface area (Å²) in [6.07, 6.45) is 3.68. The maximum absolute atomic E-state index is 12.8. The van der Waals surface area contributed by atoms with Crippen molar-refractivity contribution in [3.8, 4) is 6.07 Å². The van der Waals surface area contributed by atoms with E-state index in [1.54, 1.807) is 0 Å². The Labute approximate surface area is 180 Å². The highest BCUT2D eigenvalue weighted by molar-refractivity contribution is 7.71. The van der Waals surface area contributed by atoms with Crippen molar-refractivity contribution in [1.82, 2.24) is 9.55 Å². The first kappa shape index (κ1) is 20.0. The molecule has 29 heavy (non-hydrogen) atoms. The number of fused-ring (bicyclic) bond motifs is 2. The SMILES string of the molecule is CCc1cc2c(=O)n(CC(=O)Nc3sc4c(c3C#N)CCC(C)C4)c(=S)[nH]c2s1. The average Bonchev–Trinajstić information content (AvgIpc) is 3.25. The van der Waals surface area contributed by atoms with Crippen molar-refractivity contribution in [1.29, 1.82) is 5.26 Å². The molecule has 3 aromatic heterocycles. The van der Waals surface area contributed by atoms with Gasteiger partial charge in [-0.25, -0.2) is 0 Å². The van der Waals surface area contributed by atoms with Crippen molar-refractivity contribution in [3.05, 3.63) is 42.1 Å². The van der Waals surface area contributed by atoms with E-state index in [-0.39, 0.29) is 22.8 Å². The van der Waals surface area contributed by atoms with Gasteiger partial charge in [-0.3, -0.25) is 14.2 Å². The number of carbonyl (C=O) groups is 1. The lowest BCUT2D eigenvalue weighted by molar-refractivity contribution is -0.116. The predicted octanol–water partition coefficient (Wildman–Crippen LogP) is 4.38. The molecular formula is C20H20N4O2S3. The molecule has 4 rings (SSSR count). The van der Waals surface area contributed by atoms with Crippen molar-refractivity contribution < 1.29 is 4.79 Å². The van der Waals surface area contributed by atoms with Crippen LogP contribution in [0.25, 0.3) is 10.2 Å². The van der Waals surface area contributed by atoms with Crippen molar-refractivity contribution in [2.75, 3.05) is 5.32 Å². The van der Waals surface area contributed by atoms with Crippen LogP contribution in [-0.4, -0.2) is 15.5 Å². The lowest BCUT2D eigenvalue weighted by atomic mass is 9.89. The van der Waals surface area contributed by atoms with Crippen molar-refractivity contribution in [3.63, 3.8) is 0 Å². The molecule has 1 aliphatic carbocycles. The van der Waals surface area contributed by atoms with Crippen LogP contribution in [0, 0.1) is 22.0 Å². The molecule has 0 saturated heterocycles. The number of anilines is 1. The van der Waals surface area contributed by atoms with Crippen molar-refractivity contribution >= 4 is 56.0 Å². The first-order valence-electron chi connectivity index (χ1n) is 9.51. The summed E-state index contributed by atoms with van der Waals surface area (Å²) < 4.78 is 1.50. The molecule has 0 radical (unpaired) electrons. The highest BCUT2D eigenvalue weighted by atomic mass is 32.1. The van der Waals surface area contributed by atoms with Gasteiger partial charge in [-0.1, -0.05) is 13.8 Å². The molecular weight excluding hydrogens is 424 g/mol. The molecule has 1 unspecified atom stereocenters. The molecule has 0 bridgehead atoms. The van der Waals surface area contributed by atoms with E-state index in [0.29, 0.717) is 21.9 Å². The van der Waals surface area contributed by atoms with Gasteiger partial charge >= 0.3 is 0 Å². The van der Waals surface area contributed by atoms with Crippen LogP contribution in [-0.2, 0) is 30.6 Å². The van der Waals surface area contributed by atoms with Gasteiger partial charge in [0.25, 0.3) is 5.56 Å². The van der Waals surface area contributed by atoms with Gasteiger partial charge in [0.15, 0.2) is 4.77 Å². The highest BCUT2D eigenvalue weighted by Crippen LogP contribution is 2.39. The van der Waals surface area contributed by atoms with Gasteiger partial charge in [0.2, 0.25) is 5.91 Å². The summed E-state index contributed by atoms with van der Waals surface area (Å²) in [5.41, 5.74) is 1.35. The number of aromatic amines is 1. The Balaban J connectivity index is 1.62. The average molecular weight is 445 g/mol. The van der Waals surface area contributed by atoms with E-state index in [1.165, 1.54) is 32.1 Å². The molecule has 0 saturated carbocycles. The van der Waals surface area contributed by atoms with Crippen LogP contribution in [0.4, 0.5) is 5.00 Å². The Morgan fingerprint density at radius 2 is 2.28 bits per heavy atom.